The summed E-state index contributed by atoms with van der Waals surface area (Å²) in [5.41, 5.74) is 0. The van der Waals surface area contributed by atoms with Crippen molar-refractivity contribution in [3.05, 3.63) is 0 Å². The summed E-state index contributed by atoms with van der Waals surface area (Å²) in [7, 11) is 2.01. The van der Waals surface area contributed by atoms with Crippen molar-refractivity contribution in [2.24, 2.45) is 0 Å². The molecule has 1 unspecified atom stereocenters. The fourth-order valence-corrected chi connectivity index (χ4v) is 3.23. The molecule has 0 saturated carbocycles. The lowest BCUT2D eigenvalue weighted by Crippen LogP contribution is -2.32. The summed E-state index contributed by atoms with van der Waals surface area (Å²) < 4.78 is 2.00. The molecular formula is C13H24N4O2S2. The zero-order valence-electron chi connectivity index (χ0n) is 13.2. The molecule has 0 spiro atoms. The number of carboxylic acid groups (broad SMARTS) is 1. The number of hydrogen-bond donors (Lipinski definition) is 1. The van der Waals surface area contributed by atoms with Crippen molar-refractivity contribution in [2.45, 2.75) is 44.4 Å². The monoisotopic (exact) mass is 332 g/mol. The summed E-state index contributed by atoms with van der Waals surface area (Å²) in [6.07, 6.45) is 3.17. The molecule has 0 aliphatic heterocycles. The summed E-state index contributed by atoms with van der Waals surface area (Å²) in [6.45, 7) is 6.27. The van der Waals surface area contributed by atoms with E-state index in [-0.39, 0.29) is 11.8 Å². The second kappa shape index (κ2) is 8.53. The highest BCUT2D eigenvalue weighted by Gasteiger charge is 2.21. The molecule has 6 nitrogen and oxygen atoms in total. The first-order valence-corrected chi connectivity index (χ1v) is 9.27. The summed E-state index contributed by atoms with van der Waals surface area (Å²) in [5.74, 6) is 1.05. The Bertz CT molecular complexity index is 465. The number of aliphatic carboxylic acids is 1. The van der Waals surface area contributed by atoms with Crippen LogP contribution in [0.1, 0.15) is 33.2 Å². The van der Waals surface area contributed by atoms with Crippen LogP contribution in [0.25, 0.3) is 0 Å². The van der Waals surface area contributed by atoms with Crippen LogP contribution in [0.2, 0.25) is 0 Å². The molecular weight excluding hydrogens is 308 g/mol. The molecule has 1 aromatic heterocycles. The second-order valence-electron chi connectivity index (χ2n) is 5.17. The number of carboxylic acids is 1. The van der Waals surface area contributed by atoms with E-state index in [9.17, 15) is 4.79 Å². The van der Waals surface area contributed by atoms with Gasteiger partial charge in [-0.05, 0) is 39.2 Å². The number of nitrogens with zero attached hydrogens (tertiary/aromatic N) is 4. The third-order valence-electron chi connectivity index (χ3n) is 3.20. The number of carbonyl (C=O) groups is 1. The van der Waals surface area contributed by atoms with E-state index in [4.69, 9.17) is 5.11 Å². The first-order valence-electron chi connectivity index (χ1n) is 6.89. The lowest BCUT2D eigenvalue weighted by molar-refractivity contribution is -0.133. The number of thioether (sulfide) groups is 2. The van der Waals surface area contributed by atoms with Crippen LogP contribution in [0.15, 0.2) is 5.16 Å². The van der Waals surface area contributed by atoms with Gasteiger partial charge in [0, 0.05) is 19.1 Å². The number of hydrogen-bond acceptors (Lipinski definition) is 6. The van der Waals surface area contributed by atoms with Crippen LogP contribution in [0.4, 0.5) is 5.95 Å². The van der Waals surface area contributed by atoms with Gasteiger partial charge in [0.05, 0.1) is 5.75 Å². The molecule has 0 aliphatic rings. The van der Waals surface area contributed by atoms with Gasteiger partial charge in [-0.1, -0.05) is 11.8 Å². The third-order valence-corrected chi connectivity index (χ3v) is 4.78. The third kappa shape index (κ3) is 5.10. The van der Waals surface area contributed by atoms with Gasteiger partial charge in [0.2, 0.25) is 5.95 Å². The molecule has 21 heavy (non-hydrogen) atoms. The predicted octanol–water partition coefficient (Wildman–Crippen LogP) is 2.61. The minimum absolute atomic E-state index is 0.00338. The van der Waals surface area contributed by atoms with Crippen LogP contribution in [-0.2, 0) is 4.79 Å². The Morgan fingerprint density at radius 1 is 1.38 bits per heavy atom. The van der Waals surface area contributed by atoms with Crippen LogP contribution in [0.3, 0.4) is 0 Å². The number of rotatable bonds is 9. The maximum Gasteiger partial charge on any atom is 0.313 e. The van der Waals surface area contributed by atoms with Gasteiger partial charge < -0.3 is 10.0 Å². The predicted molar refractivity (Wildman–Crippen MR) is 89.6 cm³/mol. The van der Waals surface area contributed by atoms with Gasteiger partial charge in [0.15, 0.2) is 5.16 Å². The SMILES string of the molecule is CSCCC(C)N(C)c1nnc(SCC(=O)O)n1C(C)C. The van der Waals surface area contributed by atoms with E-state index in [2.05, 4.69) is 42.1 Å². The molecule has 0 radical (unpaired) electrons. The normalized spacial score (nSPS) is 12.7. The van der Waals surface area contributed by atoms with Crippen molar-refractivity contribution in [3.8, 4) is 0 Å². The Hall–Kier alpha value is -0.890. The van der Waals surface area contributed by atoms with Crippen molar-refractivity contribution < 1.29 is 9.90 Å². The summed E-state index contributed by atoms with van der Waals surface area (Å²) in [5, 5.41) is 17.9. The van der Waals surface area contributed by atoms with Crippen molar-refractivity contribution in [1.82, 2.24) is 14.8 Å². The van der Waals surface area contributed by atoms with Gasteiger partial charge >= 0.3 is 5.97 Å². The van der Waals surface area contributed by atoms with Crippen molar-refractivity contribution >= 4 is 35.4 Å². The highest BCUT2D eigenvalue weighted by Crippen LogP contribution is 2.27. The van der Waals surface area contributed by atoms with E-state index in [0.29, 0.717) is 11.2 Å². The van der Waals surface area contributed by atoms with Gasteiger partial charge in [-0.25, -0.2) is 0 Å². The average Bonchev–Trinajstić information content (AvgIpc) is 2.85. The molecule has 0 fully saturated rings. The average molecular weight is 332 g/mol. The van der Waals surface area contributed by atoms with E-state index in [0.717, 1.165) is 18.1 Å². The summed E-state index contributed by atoms with van der Waals surface area (Å²) in [6, 6.07) is 0.540. The van der Waals surface area contributed by atoms with Gasteiger partial charge in [-0.2, -0.15) is 11.8 Å². The minimum Gasteiger partial charge on any atom is -0.481 e. The molecule has 0 aromatic carbocycles. The van der Waals surface area contributed by atoms with Crippen molar-refractivity contribution in [2.75, 3.05) is 29.7 Å². The Morgan fingerprint density at radius 3 is 2.57 bits per heavy atom. The molecule has 1 rings (SSSR count). The number of aromatic nitrogens is 3. The van der Waals surface area contributed by atoms with Crippen LogP contribution in [0.5, 0.6) is 0 Å². The van der Waals surface area contributed by atoms with E-state index in [1.165, 1.54) is 11.8 Å². The maximum atomic E-state index is 10.7. The molecule has 0 aliphatic carbocycles. The van der Waals surface area contributed by atoms with E-state index in [1.807, 2.05) is 23.4 Å². The largest absolute Gasteiger partial charge is 0.481 e. The van der Waals surface area contributed by atoms with Crippen LogP contribution in [-0.4, -0.2) is 56.7 Å². The molecule has 0 bridgehead atoms. The summed E-state index contributed by atoms with van der Waals surface area (Å²) >= 11 is 3.04. The lowest BCUT2D eigenvalue weighted by Gasteiger charge is -2.27. The lowest BCUT2D eigenvalue weighted by atomic mass is 10.2. The van der Waals surface area contributed by atoms with Gasteiger partial charge in [0.1, 0.15) is 0 Å². The Morgan fingerprint density at radius 2 is 2.05 bits per heavy atom. The van der Waals surface area contributed by atoms with Crippen molar-refractivity contribution in [3.63, 3.8) is 0 Å². The topological polar surface area (TPSA) is 71.2 Å². The fraction of sp³-hybridized carbons (Fsp3) is 0.769. The Kier molecular flexibility index (Phi) is 7.37. The Balaban J connectivity index is 2.93. The van der Waals surface area contributed by atoms with Crippen LogP contribution in [0, 0.1) is 0 Å². The fourth-order valence-electron chi connectivity index (χ4n) is 1.87. The van der Waals surface area contributed by atoms with Crippen molar-refractivity contribution in [1.29, 1.82) is 0 Å². The molecule has 0 saturated heterocycles. The first-order chi connectivity index (χ1) is 9.88. The highest BCUT2D eigenvalue weighted by atomic mass is 32.2. The smallest absolute Gasteiger partial charge is 0.313 e. The van der Waals surface area contributed by atoms with E-state index >= 15 is 0 Å². The first kappa shape index (κ1) is 18.2. The zero-order chi connectivity index (χ0) is 16.0. The molecule has 120 valence electrons. The minimum atomic E-state index is -0.846. The number of anilines is 1. The quantitative estimate of drug-likeness (QED) is 0.697. The zero-order valence-corrected chi connectivity index (χ0v) is 14.9. The second-order valence-corrected chi connectivity index (χ2v) is 7.10. The Labute approximate surface area is 134 Å². The van der Waals surface area contributed by atoms with Crippen LogP contribution >= 0.6 is 23.5 Å². The standard InChI is InChI=1S/C13H24N4O2S2/c1-9(2)17-12(16(4)10(3)6-7-20-5)14-15-13(17)21-8-11(18)19/h9-10H,6-8H2,1-5H3,(H,18,19). The summed E-state index contributed by atoms with van der Waals surface area (Å²) in [4.78, 5) is 12.8. The van der Waals surface area contributed by atoms with Gasteiger partial charge in [0.25, 0.3) is 0 Å². The molecule has 1 atom stereocenters. The molecule has 1 N–H and O–H groups in total. The molecule has 0 amide bonds. The van der Waals surface area contributed by atoms with Gasteiger partial charge in [-0.15, -0.1) is 10.2 Å². The highest BCUT2D eigenvalue weighted by molar-refractivity contribution is 7.99. The molecule has 1 aromatic rings. The van der Waals surface area contributed by atoms with E-state index in [1.54, 1.807) is 0 Å². The maximum absolute atomic E-state index is 10.7. The van der Waals surface area contributed by atoms with Crippen LogP contribution < -0.4 is 4.90 Å². The van der Waals surface area contributed by atoms with Gasteiger partial charge in [-0.3, -0.25) is 9.36 Å². The molecule has 8 heteroatoms. The van der Waals surface area contributed by atoms with E-state index < -0.39 is 5.97 Å². The molecule has 1 heterocycles.